The molecule has 0 unspecified atom stereocenters. The summed E-state index contributed by atoms with van der Waals surface area (Å²) in [5, 5.41) is 9.66. The maximum absolute atomic E-state index is 6.51. The second kappa shape index (κ2) is 8.55. The van der Waals surface area contributed by atoms with E-state index >= 15 is 0 Å². The third kappa shape index (κ3) is 3.45. The summed E-state index contributed by atoms with van der Waals surface area (Å²) in [5.41, 5.74) is 7.47. The fourth-order valence-corrected chi connectivity index (χ4v) is 5.16. The molecule has 7 rings (SSSR count). The van der Waals surface area contributed by atoms with Crippen LogP contribution in [-0.2, 0) is 0 Å². The smallest absolute Gasteiger partial charge is 0.230 e. The Balaban J connectivity index is 1.48. The first-order chi connectivity index (χ1) is 18.6. The summed E-state index contributed by atoms with van der Waals surface area (Å²) < 4.78 is 15.5. The Morgan fingerprint density at radius 2 is 1.68 bits per heavy atom. The third-order valence-electron chi connectivity index (χ3n) is 6.95. The molecule has 1 atom stereocenters. The molecule has 3 aromatic heterocycles. The second-order valence-corrected chi connectivity index (χ2v) is 9.40. The molecule has 1 aliphatic heterocycles. The normalized spacial score (nSPS) is 14.1. The van der Waals surface area contributed by atoms with Gasteiger partial charge in [-0.3, -0.25) is 0 Å². The Labute approximate surface area is 219 Å². The van der Waals surface area contributed by atoms with Gasteiger partial charge in [-0.2, -0.15) is 5.10 Å². The van der Waals surface area contributed by atoms with E-state index in [0.717, 1.165) is 44.9 Å². The van der Waals surface area contributed by atoms with Crippen LogP contribution in [0.3, 0.4) is 0 Å². The lowest BCUT2D eigenvalue weighted by atomic mass is 9.84. The van der Waals surface area contributed by atoms with Crippen LogP contribution in [0.25, 0.3) is 22.7 Å². The van der Waals surface area contributed by atoms with Crippen LogP contribution in [0.5, 0.6) is 17.5 Å². The minimum Gasteiger partial charge on any atom is -0.497 e. The van der Waals surface area contributed by atoms with E-state index in [4.69, 9.17) is 29.6 Å². The Morgan fingerprint density at radius 3 is 2.45 bits per heavy atom. The standard InChI is InChI=1S/C30H24N6O2/c1-18-8-7-9-21(16-18)27-32-28-26-25(20-12-14-23(37-3)15-13-20)24-19(2)33-36(22-10-5-4-6-11-22)30(24)38-29(26)31-17-35(28)34-27/h4-17,25H,1-3H3/t25-/m0/s1. The first-order valence-electron chi connectivity index (χ1n) is 12.4. The summed E-state index contributed by atoms with van der Waals surface area (Å²) in [7, 11) is 1.67. The third-order valence-corrected chi connectivity index (χ3v) is 6.95. The van der Waals surface area contributed by atoms with Gasteiger partial charge in [-0.15, -0.1) is 5.10 Å². The highest BCUT2D eigenvalue weighted by Gasteiger charge is 2.38. The SMILES string of the molecule is COc1ccc([C@H]2c3c(C)nn(-c4ccccc4)c3Oc3ncn4nc(-c5cccc(C)c5)nc4c32)cc1. The molecule has 0 fully saturated rings. The highest BCUT2D eigenvalue weighted by Crippen LogP contribution is 2.49. The number of hydrogen-bond donors (Lipinski definition) is 0. The van der Waals surface area contributed by atoms with Gasteiger partial charge in [-0.05, 0) is 49.7 Å². The molecular formula is C30H24N6O2. The van der Waals surface area contributed by atoms with E-state index in [9.17, 15) is 0 Å². The molecule has 0 radical (unpaired) electrons. The summed E-state index contributed by atoms with van der Waals surface area (Å²) in [6.45, 7) is 4.07. The van der Waals surface area contributed by atoms with Gasteiger partial charge in [0.15, 0.2) is 11.5 Å². The van der Waals surface area contributed by atoms with Crippen molar-refractivity contribution in [2.45, 2.75) is 19.8 Å². The minimum atomic E-state index is -0.220. The molecule has 8 heteroatoms. The quantitative estimate of drug-likeness (QED) is 0.300. The topological polar surface area (TPSA) is 79.4 Å². The molecule has 0 bridgehead atoms. The first-order valence-corrected chi connectivity index (χ1v) is 12.4. The zero-order chi connectivity index (χ0) is 25.8. The zero-order valence-corrected chi connectivity index (χ0v) is 21.2. The van der Waals surface area contributed by atoms with Gasteiger partial charge in [-0.25, -0.2) is 19.2 Å². The van der Waals surface area contributed by atoms with Crippen molar-refractivity contribution in [2.75, 3.05) is 7.11 Å². The summed E-state index contributed by atoms with van der Waals surface area (Å²) in [6, 6.07) is 26.2. The highest BCUT2D eigenvalue weighted by atomic mass is 16.5. The number of rotatable bonds is 4. The molecule has 1 aliphatic rings. The molecule has 0 spiro atoms. The highest BCUT2D eigenvalue weighted by molar-refractivity contribution is 5.69. The van der Waals surface area contributed by atoms with Gasteiger partial charge in [-0.1, -0.05) is 54.1 Å². The Bertz CT molecular complexity index is 1800. The van der Waals surface area contributed by atoms with Gasteiger partial charge >= 0.3 is 0 Å². The van der Waals surface area contributed by atoms with Crippen molar-refractivity contribution in [3.63, 3.8) is 0 Å². The number of hydrogen-bond acceptors (Lipinski definition) is 6. The van der Waals surface area contributed by atoms with Crippen LogP contribution in [0.4, 0.5) is 0 Å². The molecule has 0 amide bonds. The second-order valence-electron chi connectivity index (χ2n) is 9.40. The van der Waals surface area contributed by atoms with Crippen LogP contribution >= 0.6 is 0 Å². The van der Waals surface area contributed by atoms with Crippen molar-refractivity contribution >= 4 is 5.65 Å². The van der Waals surface area contributed by atoms with Gasteiger partial charge in [0, 0.05) is 5.56 Å². The molecule has 0 saturated carbocycles. The van der Waals surface area contributed by atoms with E-state index in [1.165, 1.54) is 0 Å². The molecule has 3 aromatic carbocycles. The van der Waals surface area contributed by atoms with Gasteiger partial charge < -0.3 is 9.47 Å². The van der Waals surface area contributed by atoms with E-state index in [1.54, 1.807) is 18.0 Å². The van der Waals surface area contributed by atoms with Crippen molar-refractivity contribution in [1.29, 1.82) is 0 Å². The molecule has 38 heavy (non-hydrogen) atoms. The average molecular weight is 501 g/mol. The number of fused-ring (bicyclic) bond motifs is 4. The molecule has 0 aliphatic carbocycles. The van der Waals surface area contributed by atoms with Gasteiger partial charge in [0.2, 0.25) is 11.8 Å². The number of benzene rings is 3. The number of nitrogens with zero attached hydrogens (tertiary/aromatic N) is 6. The largest absolute Gasteiger partial charge is 0.497 e. The van der Waals surface area contributed by atoms with Crippen LogP contribution in [0.2, 0.25) is 0 Å². The van der Waals surface area contributed by atoms with Crippen LogP contribution in [0, 0.1) is 13.8 Å². The van der Waals surface area contributed by atoms with Crippen molar-refractivity contribution in [3.8, 4) is 34.6 Å². The predicted octanol–water partition coefficient (Wildman–Crippen LogP) is 5.89. The summed E-state index contributed by atoms with van der Waals surface area (Å²) in [5.74, 6) is 2.35. The summed E-state index contributed by atoms with van der Waals surface area (Å²) in [6.07, 6.45) is 1.66. The molecule has 186 valence electrons. The number of methoxy groups -OCH3 is 1. The van der Waals surface area contributed by atoms with Gasteiger partial charge in [0.1, 0.15) is 12.1 Å². The fourth-order valence-electron chi connectivity index (χ4n) is 5.16. The van der Waals surface area contributed by atoms with Crippen LogP contribution in [0.1, 0.15) is 33.9 Å². The molecule has 0 saturated heterocycles. The lowest BCUT2D eigenvalue weighted by molar-refractivity contribution is 0.402. The van der Waals surface area contributed by atoms with E-state index in [1.807, 2.05) is 66.2 Å². The van der Waals surface area contributed by atoms with Crippen LogP contribution in [-0.4, -0.2) is 36.5 Å². The van der Waals surface area contributed by atoms with Crippen molar-refractivity contribution in [3.05, 3.63) is 113 Å². The number of ether oxygens (including phenoxy) is 2. The maximum Gasteiger partial charge on any atom is 0.230 e. The Morgan fingerprint density at radius 1 is 0.868 bits per heavy atom. The van der Waals surface area contributed by atoms with E-state index < -0.39 is 0 Å². The Hall–Kier alpha value is -4.98. The monoisotopic (exact) mass is 500 g/mol. The molecular weight excluding hydrogens is 476 g/mol. The first kappa shape index (κ1) is 22.2. The average Bonchev–Trinajstić information content (AvgIpc) is 3.54. The van der Waals surface area contributed by atoms with E-state index in [-0.39, 0.29) is 5.92 Å². The van der Waals surface area contributed by atoms with E-state index in [2.05, 4.69) is 31.2 Å². The number of aryl methyl sites for hydroxylation is 2. The zero-order valence-electron chi connectivity index (χ0n) is 21.2. The minimum absolute atomic E-state index is 0.220. The van der Waals surface area contributed by atoms with E-state index in [0.29, 0.717) is 23.2 Å². The van der Waals surface area contributed by atoms with Crippen molar-refractivity contribution in [1.82, 2.24) is 29.4 Å². The lowest BCUT2D eigenvalue weighted by Gasteiger charge is -2.26. The molecule has 8 nitrogen and oxygen atoms in total. The van der Waals surface area contributed by atoms with Crippen molar-refractivity contribution < 1.29 is 9.47 Å². The molecule has 0 N–H and O–H groups in total. The van der Waals surface area contributed by atoms with Gasteiger partial charge in [0.05, 0.1) is 35.5 Å². The molecule has 6 aromatic rings. The van der Waals surface area contributed by atoms with Crippen LogP contribution in [0.15, 0.2) is 85.2 Å². The predicted molar refractivity (Wildman–Crippen MR) is 143 cm³/mol. The summed E-state index contributed by atoms with van der Waals surface area (Å²) >= 11 is 0. The lowest BCUT2D eigenvalue weighted by Crippen LogP contribution is -2.16. The van der Waals surface area contributed by atoms with Gasteiger partial charge in [0.25, 0.3) is 0 Å². The molecule has 4 heterocycles. The number of aromatic nitrogens is 6. The Kier molecular flexibility index (Phi) is 5.00. The maximum atomic E-state index is 6.51. The summed E-state index contributed by atoms with van der Waals surface area (Å²) in [4.78, 5) is 9.69. The van der Waals surface area contributed by atoms with Crippen molar-refractivity contribution in [2.24, 2.45) is 0 Å². The number of para-hydroxylation sites is 1. The fraction of sp³-hybridized carbons (Fsp3) is 0.133. The van der Waals surface area contributed by atoms with Crippen LogP contribution < -0.4 is 9.47 Å².